The third-order valence-corrected chi connectivity index (χ3v) is 10.2. The Morgan fingerprint density at radius 1 is 0.589 bits per heavy atom. The van der Waals surface area contributed by atoms with Crippen molar-refractivity contribution in [3.63, 3.8) is 0 Å². The first-order valence-electron chi connectivity index (χ1n) is 17.9. The van der Waals surface area contributed by atoms with E-state index >= 15 is 0 Å². The zero-order valence-corrected chi connectivity index (χ0v) is 32.4. The summed E-state index contributed by atoms with van der Waals surface area (Å²) in [5, 5.41) is 12.4. The number of carbonyl (C=O) groups is 2. The molecule has 0 spiro atoms. The lowest BCUT2D eigenvalue weighted by Crippen LogP contribution is -2.04. The SMILES string of the molecule is COC(=O)c1cc(OC)c2c(c1)c1cnc(-c3cc(C)nn3C)cc1n2C/C=C/Cn1c2cc(-c3cc(C)nn3C)ncc2c2cc(C(=O)OC)cc(OC)c21. The van der Waals surface area contributed by atoms with Crippen molar-refractivity contribution in [2.45, 2.75) is 26.9 Å². The second-order valence-electron chi connectivity index (χ2n) is 13.6. The highest BCUT2D eigenvalue weighted by molar-refractivity contribution is 6.14. The van der Waals surface area contributed by atoms with Gasteiger partial charge in [0.15, 0.2) is 0 Å². The molecule has 8 rings (SSSR count). The fourth-order valence-corrected chi connectivity index (χ4v) is 7.68. The maximum atomic E-state index is 12.7. The molecule has 0 saturated carbocycles. The summed E-state index contributed by atoms with van der Waals surface area (Å²) in [7, 11) is 9.70. The summed E-state index contributed by atoms with van der Waals surface area (Å²) in [6.07, 6.45) is 7.86. The van der Waals surface area contributed by atoms with Crippen LogP contribution >= 0.6 is 0 Å². The monoisotopic (exact) mass is 752 g/mol. The number of aromatic nitrogens is 8. The number of hydrogen-bond acceptors (Lipinski definition) is 10. The maximum Gasteiger partial charge on any atom is 0.338 e. The van der Waals surface area contributed by atoms with Crippen molar-refractivity contribution in [2.24, 2.45) is 14.1 Å². The lowest BCUT2D eigenvalue weighted by atomic mass is 10.1. The van der Waals surface area contributed by atoms with Crippen LogP contribution in [0.1, 0.15) is 32.1 Å². The topological polar surface area (TPSA) is 142 Å². The first kappa shape index (κ1) is 36.0. The second kappa shape index (κ2) is 14.0. The summed E-state index contributed by atoms with van der Waals surface area (Å²) in [6.45, 7) is 4.82. The molecule has 284 valence electrons. The van der Waals surface area contributed by atoms with Gasteiger partial charge in [0.05, 0.1) is 95.8 Å². The van der Waals surface area contributed by atoms with E-state index in [1.165, 1.54) is 14.2 Å². The Labute approximate surface area is 321 Å². The van der Waals surface area contributed by atoms with Gasteiger partial charge in [-0.1, -0.05) is 12.2 Å². The largest absolute Gasteiger partial charge is 0.495 e. The van der Waals surface area contributed by atoms with Crippen LogP contribution in [0.2, 0.25) is 0 Å². The lowest BCUT2D eigenvalue weighted by Gasteiger charge is -2.11. The van der Waals surface area contributed by atoms with E-state index in [4.69, 9.17) is 28.9 Å². The van der Waals surface area contributed by atoms with E-state index in [2.05, 4.69) is 31.5 Å². The molecule has 0 aliphatic heterocycles. The van der Waals surface area contributed by atoms with E-state index in [1.807, 2.05) is 86.1 Å². The molecule has 8 aromatic rings. The summed E-state index contributed by atoms with van der Waals surface area (Å²) in [5.74, 6) is 0.144. The predicted octanol–water partition coefficient (Wildman–Crippen LogP) is 6.96. The summed E-state index contributed by atoms with van der Waals surface area (Å²) in [5.41, 5.74) is 9.26. The van der Waals surface area contributed by atoms with Crippen molar-refractivity contribution in [1.82, 2.24) is 38.7 Å². The van der Waals surface area contributed by atoms with Crippen molar-refractivity contribution in [3.05, 3.63) is 95.6 Å². The molecule has 14 nitrogen and oxygen atoms in total. The first-order chi connectivity index (χ1) is 27.0. The zero-order valence-electron chi connectivity index (χ0n) is 32.4. The van der Waals surface area contributed by atoms with Crippen LogP contribution < -0.4 is 9.47 Å². The minimum atomic E-state index is -0.460. The van der Waals surface area contributed by atoms with Crippen LogP contribution in [0.4, 0.5) is 0 Å². The normalized spacial score (nSPS) is 11.8. The van der Waals surface area contributed by atoms with Gasteiger partial charge in [-0.15, -0.1) is 0 Å². The fourth-order valence-electron chi connectivity index (χ4n) is 7.68. The van der Waals surface area contributed by atoms with E-state index in [0.717, 1.165) is 77.8 Å². The van der Waals surface area contributed by atoms with Crippen molar-refractivity contribution >= 4 is 55.6 Å². The Kier molecular flexibility index (Phi) is 9.03. The smallest absolute Gasteiger partial charge is 0.338 e. The number of pyridine rings is 2. The van der Waals surface area contributed by atoms with Crippen LogP contribution in [0, 0.1) is 13.8 Å². The molecular formula is C42H40N8O6. The van der Waals surface area contributed by atoms with Gasteiger partial charge in [0.1, 0.15) is 11.5 Å². The molecule has 14 heteroatoms. The number of methoxy groups -OCH3 is 4. The molecule has 56 heavy (non-hydrogen) atoms. The number of aryl methyl sites for hydroxylation is 4. The highest BCUT2D eigenvalue weighted by atomic mass is 16.5. The van der Waals surface area contributed by atoms with Crippen LogP contribution in [-0.4, -0.2) is 79.0 Å². The minimum Gasteiger partial charge on any atom is -0.495 e. The van der Waals surface area contributed by atoms with E-state index < -0.39 is 11.9 Å². The molecule has 6 aromatic heterocycles. The maximum absolute atomic E-state index is 12.7. The Morgan fingerprint density at radius 3 is 1.34 bits per heavy atom. The molecule has 6 heterocycles. The summed E-state index contributed by atoms with van der Waals surface area (Å²) < 4.78 is 29.9. The quantitative estimate of drug-likeness (QED) is 0.106. The molecule has 0 aliphatic rings. The number of benzene rings is 2. The third-order valence-electron chi connectivity index (χ3n) is 10.2. The number of fused-ring (bicyclic) bond motifs is 6. The number of hydrogen-bond donors (Lipinski definition) is 0. The van der Waals surface area contributed by atoms with Crippen LogP contribution in [0.3, 0.4) is 0 Å². The molecule has 0 aliphatic carbocycles. The van der Waals surface area contributed by atoms with Crippen LogP contribution in [0.25, 0.3) is 66.4 Å². The molecule has 0 bridgehead atoms. The highest BCUT2D eigenvalue weighted by Crippen LogP contribution is 2.39. The number of rotatable bonds is 10. The summed E-state index contributed by atoms with van der Waals surface area (Å²) in [4.78, 5) is 35.1. The minimum absolute atomic E-state index is 0.378. The van der Waals surface area contributed by atoms with Crippen LogP contribution in [-0.2, 0) is 36.7 Å². The van der Waals surface area contributed by atoms with Gasteiger partial charge in [-0.2, -0.15) is 10.2 Å². The Morgan fingerprint density at radius 2 is 1.00 bits per heavy atom. The van der Waals surface area contributed by atoms with Crippen LogP contribution in [0.15, 0.2) is 73.1 Å². The van der Waals surface area contributed by atoms with Gasteiger partial charge in [0, 0.05) is 61.1 Å². The third kappa shape index (κ3) is 5.90. The molecule has 0 amide bonds. The molecule has 0 N–H and O–H groups in total. The van der Waals surface area contributed by atoms with E-state index in [0.29, 0.717) is 35.7 Å². The van der Waals surface area contributed by atoms with Gasteiger partial charge in [0.2, 0.25) is 0 Å². The number of ether oxygens (including phenoxy) is 4. The van der Waals surface area contributed by atoms with Gasteiger partial charge in [-0.3, -0.25) is 19.3 Å². The molecule has 0 unspecified atom stereocenters. The number of carbonyl (C=O) groups excluding carboxylic acids is 2. The number of nitrogens with zero attached hydrogens (tertiary/aromatic N) is 8. The van der Waals surface area contributed by atoms with Crippen molar-refractivity contribution in [3.8, 4) is 34.3 Å². The second-order valence-corrected chi connectivity index (χ2v) is 13.6. The molecule has 0 atom stereocenters. The van der Waals surface area contributed by atoms with Crippen molar-refractivity contribution < 1.29 is 28.5 Å². The Balaban J connectivity index is 1.27. The number of allylic oxidation sites excluding steroid dienone is 2. The van der Waals surface area contributed by atoms with Crippen molar-refractivity contribution in [2.75, 3.05) is 28.4 Å². The van der Waals surface area contributed by atoms with Gasteiger partial charge >= 0.3 is 11.9 Å². The van der Waals surface area contributed by atoms with Crippen molar-refractivity contribution in [1.29, 1.82) is 0 Å². The van der Waals surface area contributed by atoms with E-state index in [9.17, 15) is 9.59 Å². The van der Waals surface area contributed by atoms with Gasteiger partial charge in [-0.05, 0) is 62.4 Å². The van der Waals surface area contributed by atoms with Crippen LogP contribution in [0.5, 0.6) is 11.5 Å². The molecule has 2 aromatic carbocycles. The highest BCUT2D eigenvalue weighted by Gasteiger charge is 2.22. The number of esters is 2. The van der Waals surface area contributed by atoms with E-state index in [1.54, 1.807) is 26.4 Å². The zero-order chi connectivity index (χ0) is 39.4. The average molecular weight is 753 g/mol. The molecule has 0 saturated heterocycles. The van der Waals surface area contributed by atoms with Gasteiger partial charge in [0.25, 0.3) is 0 Å². The molecule has 0 fully saturated rings. The van der Waals surface area contributed by atoms with E-state index in [-0.39, 0.29) is 0 Å². The molecule has 0 radical (unpaired) electrons. The molecular weight excluding hydrogens is 713 g/mol. The van der Waals surface area contributed by atoms with Gasteiger partial charge in [-0.25, -0.2) is 9.59 Å². The predicted molar refractivity (Wildman–Crippen MR) is 213 cm³/mol. The van der Waals surface area contributed by atoms with Gasteiger partial charge < -0.3 is 28.1 Å². The Hall–Kier alpha value is -6.96. The standard InChI is InChI=1S/C42H40N8O6/c1-23-13-35(47(3)45-23)31-19-33-29(21-43-31)27-15-25(41(51)55-7)17-37(53-5)39(27)49(33)11-9-10-12-50-34-20-32(36-14-24(2)46-48(36)4)44-22-30(34)28-16-26(42(52)56-8)18-38(54-6)40(28)50/h9-10,13-22H,11-12H2,1-8H3/b10-9+. The lowest BCUT2D eigenvalue weighted by molar-refractivity contribution is 0.0591. The fraction of sp³-hybridized carbons (Fsp3) is 0.238. The summed E-state index contributed by atoms with van der Waals surface area (Å²) in [6, 6.07) is 15.1. The average Bonchev–Trinajstić information content (AvgIpc) is 3.93. The summed E-state index contributed by atoms with van der Waals surface area (Å²) >= 11 is 0. The first-order valence-corrected chi connectivity index (χ1v) is 17.9. The Bertz CT molecular complexity index is 2710.